The van der Waals surface area contributed by atoms with Crippen LogP contribution < -0.4 is 5.32 Å². The van der Waals surface area contributed by atoms with Gasteiger partial charge in [0.1, 0.15) is 11.6 Å². The number of imidazole rings is 1. The van der Waals surface area contributed by atoms with Gasteiger partial charge in [-0.1, -0.05) is 66.7 Å². The van der Waals surface area contributed by atoms with Crippen LogP contribution in [0.15, 0.2) is 97.6 Å². The van der Waals surface area contributed by atoms with E-state index < -0.39 is 0 Å². The van der Waals surface area contributed by atoms with E-state index in [4.69, 9.17) is 21.3 Å². The van der Waals surface area contributed by atoms with Gasteiger partial charge in [0.2, 0.25) is 0 Å². The van der Waals surface area contributed by atoms with Gasteiger partial charge in [-0.2, -0.15) is 0 Å². The number of amides is 1. The number of nitrogens with zero attached hydrogens (tertiary/aromatic N) is 1. The lowest BCUT2D eigenvalue weighted by atomic mass is 9.89. The fourth-order valence-electron chi connectivity index (χ4n) is 5.71. The Bertz CT molecular complexity index is 1710. The van der Waals surface area contributed by atoms with Crippen LogP contribution in [-0.4, -0.2) is 34.2 Å². The van der Waals surface area contributed by atoms with E-state index in [1.807, 2.05) is 78.9 Å². The van der Waals surface area contributed by atoms with Gasteiger partial charge in [0.25, 0.3) is 5.91 Å². The number of carbonyl (C=O) groups excluding carboxylic acids is 1. The van der Waals surface area contributed by atoms with Crippen molar-refractivity contribution in [3.63, 3.8) is 0 Å². The van der Waals surface area contributed by atoms with Crippen molar-refractivity contribution in [1.82, 2.24) is 15.3 Å². The van der Waals surface area contributed by atoms with Crippen LogP contribution in [0.2, 0.25) is 5.02 Å². The average molecular weight is 578 g/mol. The number of aliphatic hydroxyl groups excluding tert-OH is 1. The van der Waals surface area contributed by atoms with Crippen LogP contribution in [0.3, 0.4) is 0 Å². The average Bonchev–Trinajstić information content (AvgIpc) is 3.45. The zero-order chi connectivity index (χ0) is 29.1. The van der Waals surface area contributed by atoms with Gasteiger partial charge < -0.3 is 20.1 Å². The van der Waals surface area contributed by atoms with Crippen molar-refractivity contribution in [2.24, 2.45) is 5.92 Å². The Morgan fingerprint density at radius 3 is 2.48 bits per heavy atom. The van der Waals surface area contributed by atoms with Gasteiger partial charge in [-0.15, -0.1) is 0 Å². The summed E-state index contributed by atoms with van der Waals surface area (Å²) >= 11 is 6.45. The van der Waals surface area contributed by atoms with Crippen LogP contribution in [0, 0.1) is 5.92 Å². The Morgan fingerprint density at radius 2 is 1.71 bits per heavy atom. The maximum atomic E-state index is 13.7. The van der Waals surface area contributed by atoms with E-state index in [0.29, 0.717) is 33.5 Å². The van der Waals surface area contributed by atoms with Crippen molar-refractivity contribution in [2.45, 2.75) is 25.3 Å². The molecule has 1 amide bonds. The molecule has 212 valence electrons. The number of nitrogens with one attached hydrogen (secondary N) is 2. The Kier molecular flexibility index (Phi) is 8.08. The second kappa shape index (κ2) is 12.2. The molecule has 7 heteroatoms. The number of aliphatic hydroxyl groups is 1. The van der Waals surface area contributed by atoms with Gasteiger partial charge in [-0.3, -0.25) is 4.79 Å². The molecule has 2 heterocycles. The second-order valence-corrected chi connectivity index (χ2v) is 11.2. The first-order valence-electron chi connectivity index (χ1n) is 14.2. The SMILES string of the molecule is C=C(O)c1cc(C(=O)NC(CC2CCOCC2)c2ccccc2)ccc1-c1cc(Cl)ccc1-c1nc2ccccc2[nH]1. The molecule has 3 N–H and O–H groups in total. The number of ether oxygens (including phenoxy) is 1. The van der Waals surface area contributed by atoms with E-state index in [0.717, 1.165) is 60.2 Å². The number of carbonyl (C=O) groups is 1. The van der Waals surface area contributed by atoms with Crippen molar-refractivity contribution in [2.75, 3.05) is 13.2 Å². The van der Waals surface area contributed by atoms with Crippen LogP contribution >= 0.6 is 11.6 Å². The Labute approximate surface area is 250 Å². The van der Waals surface area contributed by atoms with Crippen molar-refractivity contribution < 1.29 is 14.6 Å². The number of para-hydroxylation sites is 2. The summed E-state index contributed by atoms with van der Waals surface area (Å²) in [5.74, 6) is 0.794. The van der Waals surface area contributed by atoms with Crippen LogP contribution in [-0.2, 0) is 4.74 Å². The third-order valence-electron chi connectivity index (χ3n) is 7.93. The molecule has 1 fully saturated rings. The van der Waals surface area contributed by atoms with E-state index in [1.54, 1.807) is 12.1 Å². The van der Waals surface area contributed by atoms with Crippen molar-refractivity contribution in [1.29, 1.82) is 0 Å². The first kappa shape index (κ1) is 27.8. The van der Waals surface area contributed by atoms with E-state index >= 15 is 0 Å². The number of benzene rings is 4. The Hall–Kier alpha value is -4.39. The van der Waals surface area contributed by atoms with Gasteiger partial charge in [0.05, 0.1) is 17.1 Å². The van der Waals surface area contributed by atoms with Crippen molar-refractivity contribution in [3.8, 4) is 22.5 Å². The fourth-order valence-corrected chi connectivity index (χ4v) is 5.88. The molecule has 1 aliphatic rings. The summed E-state index contributed by atoms with van der Waals surface area (Å²) in [5, 5.41) is 14.5. The monoisotopic (exact) mass is 577 g/mol. The predicted molar refractivity (Wildman–Crippen MR) is 168 cm³/mol. The lowest BCUT2D eigenvalue weighted by Gasteiger charge is -2.28. The summed E-state index contributed by atoms with van der Waals surface area (Å²) in [7, 11) is 0. The molecule has 1 aromatic heterocycles. The molecule has 0 radical (unpaired) electrons. The number of hydrogen-bond acceptors (Lipinski definition) is 4. The highest BCUT2D eigenvalue weighted by molar-refractivity contribution is 6.31. The molecule has 5 aromatic rings. The molecule has 6 rings (SSSR count). The van der Waals surface area contributed by atoms with Gasteiger partial charge in [-0.05, 0) is 84.3 Å². The molecular formula is C35H32ClN3O3. The maximum absolute atomic E-state index is 13.7. The number of aromatic amines is 1. The van der Waals surface area contributed by atoms with E-state index in [9.17, 15) is 9.90 Å². The Balaban J connectivity index is 1.34. The quantitative estimate of drug-likeness (QED) is 0.162. The first-order chi connectivity index (χ1) is 20.5. The second-order valence-electron chi connectivity index (χ2n) is 10.7. The van der Waals surface area contributed by atoms with Gasteiger partial charge >= 0.3 is 0 Å². The zero-order valence-corrected chi connectivity index (χ0v) is 23.9. The predicted octanol–water partition coefficient (Wildman–Crippen LogP) is 8.37. The number of rotatable bonds is 8. The normalized spacial score (nSPS) is 14.5. The van der Waals surface area contributed by atoms with E-state index in [2.05, 4.69) is 16.9 Å². The summed E-state index contributed by atoms with van der Waals surface area (Å²) in [6, 6.07) is 28.6. The van der Waals surface area contributed by atoms with E-state index in [-0.39, 0.29) is 17.7 Å². The molecule has 0 spiro atoms. The summed E-state index contributed by atoms with van der Waals surface area (Å²) in [4.78, 5) is 21.8. The molecule has 6 nitrogen and oxygen atoms in total. The van der Waals surface area contributed by atoms with Crippen molar-refractivity contribution >= 4 is 34.3 Å². The summed E-state index contributed by atoms with van der Waals surface area (Å²) in [6.07, 6.45) is 2.80. The van der Waals surface area contributed by atoms with Gasteiger partial charge in [-0.25, -0.2) is 4.98 Å². The zero-order valence-electron chi connectivity index (χ0n) is 23.1. The molecule has 0 saturated carbocycles. The molecule has 1 atom stereocenters. The van der Waals surface area contributed by atoms with Crippen LogP contribution in [0.4, 0.5) is 0 Å². The topological polar surface area (TPSA) is 87.2 Å². The molecule has 42 heavy (non-hydrogen) atoms. The highest BCUT2D eigenvalue weighted by Crippen LogP contribution is 2.38. The van der Waals surface area contributed by atoms with E-state index in [1.165, 1.54) is 0 Å². The van der Waals surface area contributed by atoms with Gasteiger partial charge in [0, 0.05) is 34.9 Å². The fraction of sp³-hybridized carbons (Fsp3) is 0.200. The third-order valence-corrected chi connectivity index (χ3v) is 8.16. The molecule has 0 aliphatic carbocycles. The molecule has 0 bridgehead atoms. The number of fused-ring (bicyclic) bond motifs is 1. The number of aromatic nitrogens is 2. The highest BCUT2D eigenvalue weighted by Gasteiger charge is 2.24. The van der Waals surface area contributed by atoms with Crippen molar-refractivity contribution in [3.05, 3.63) is 119 Å². The summed E-state index contributed by atoms with van der Waals surface area (Å²) in [5.41, 5.74) is 5.99. The molecular weight excluding hydrogens is 546 g/mol. The van der Waals surface area contributed by atoms with Crippen LogP contribution in [0.5, 0.6) is 0 Å². The maximum Gasteiger partial charge on any atom is 0.251 e. The van der Waals surface area contributed by atoms with Crippen LogP contribution in [0.25, 0.3) is 39.3 Å². The smallest absolute Gasteiger partial charge is 0.251 e. The molecule has 1 saturated heterocycles. The number of H-pyrrole nitrogens is 1. The summed E-state index contributed by atoms with van der Waals surface area (Å²) < 4.78 is 5.55. The lowest BCUT2D eigenvalue weighted by Crippen LogP contribution is -2.31. The Morgan fingerprint density at radius 1 is 0.976 bits per heavy atom. The standard InChI is InChI=1S/C35H32ClN3O3/c1-22(40)29-20-25(35(41)39-33(24-7-3-2-4-8-24)19-23-15-17-42-18-16-23)11-13-27(29)30-21-26(36)12-14-28(30)34-37-31-9-5-6-10-32(31)38-34/h2-14,20-21,23,33,40H,1,15-19H2,(H,37,38)(H,39,41). The summed E-state index contributed by atoms with van der Waals surface area (Å²) in [6.45, 7) is 5.32. The minimum absolute atomic E-state index is 0.142. The first-order valence-corrected chi connectivity index (χ1v) is 14.5. The molecule has 1 unspecified atom stereocenters. The van der Waals surface area contributed by atoms with Gasteiger partial charge in [0.15, 0.2) is 0 Å². The lowest BCUT2D eigenvalue weighted by molar-refractivity contribution is 0.0597. The minimum atomic E-state index is -0.214. The highest BCUT2D eigenvalue weighted by atomic mass is 35.5. The minimum Gasteiger partial charge on any atom is -0.508 e. The largest absolute Gasteiger partial charge is 0.508 e. The number of hydrogen-bond donors (Lipinski definition) is 3. The third kappa shape index (κ3) is 5.96. The number of halogens is 1. The molecule has 1 aliphatic heterocycles. The van der Waals surface area contributed by atoms with Crippen LogP contribution in [0.1, 0.15) is 46.8 Å². The molecule has 4 aromatic carbocycles.